The highest BCUT2D eigenvalue weighted by atomic mass is 32.2. The first-order chi connectivity index (χ1) is 13.9. The lowest BCUT2D eigenvalue weighted by atomic mass is 9.91. The maximum atomic E-state index is 12.7. The summed E-state index contributed by atoms with van der Waals surface area (Å²) in [6.45, 7) is 10.5. The molecule has 0 saturated heterocycles. The molecule has 0 aliphatic carbocycles. The largest absolute Gasteiger partial charge is 0.497 e. The third kappa shape index (κ3) is 6.76. The Balaban J connectivity index is 2.10. The molecule has 0 spiro atoms. The number of benzene rings is 2. The van der Waals surface area contributed by atoms with Gasteiger partial charge in [-0.15, -0.1) is 0 Å². The number of ether oxygens (including phenoxy) is 1. The number of hydrogen-bond donors (Lipinski definition) is 0. The van der Waals surface area contributed by atoms with Crippen LogP contribution in [0.3, 0.4) is 0 Å². The fraction of sp³-hybridized carbons (Fsp3) is 0.435. The lowest BCUT2D eigenvalue weighted by Gasteiger charge is -2.30. The third-order valence-electron chi connectivity index (χ3n) is 4.46. The Hall–Kier alpha value is -2.54. The lowest BCUT2D eigenvalue weighted by Crippen LogP contribution is -2.38. The number of carbonyl (C=O) groups is 1. The minimum atomic E-state index is -3.94. The molecule has 0 aliphatic heterocycles. The molecule has 0 fully saturated rings. The zero-order chi connectivity index (χ0) is 22.5. The standard InChI is InChI=1S/C23H31NO5S/c1-17(2)24(22(25)15-23(3,4)5)16-18-7-9-20(10-8-18)29-30(26,27)21-13-11-19(28-6)12-14-21/h7-14,17H,15-16H2,1-6H3. The molecule has 7 heteroatoms. The first-order valence-corrected chi connectivity index (χ1v) is 11.3. The summed E-state index contributed by atoms with van der Waals surface area (Å²) in [5, 5.41) is 0. The molecule has 0 N–H and O–H groups in total. The van der Waals surface area contributed by atoms with Crippen molar-refractivity contribution in [1.82, 2.24) is 4.90 Å². The summed E-state index contributed by atoms with van der Waals surface area (Å²) < 4.78 is 35.2. The number of nitrogens with zero attached hydrogens (tertiary/aromatic N) is 1. The molecule has 0 bridgehead atoms. The molecule has 1 amide bonds. The predicted molar refractivity (Wildman–Crippen MR) is 117 cm³/mol. The van der Waals surface area contributed by atoms with Crippen LogP contribution < -0.4 is 8.92 Å². The van der Waals surface area contributed by atoms with E-state index >= 15 is 0 Å². The van der Waals surface area contributed by atoms with Crippen molar-refractivity contribution < 1.29 is 22.1 Å². The van der Waals surface area contributed by atoms with Gasteiger partial charge in [-0.05, 0) is 61.2 Å². The Morgan fingerprint density at radius 2 is 1.50 bits per heavy atom. The van der Waals surface area contributed by atoms with E-state index in [-0.39, 0.29) is 28.0 Å². The van der Waals surface area contributed by atoms with E-state index in [4.69, 9.17) is 8.92 Å². The molecule has 164 valence electrons. The quantitative estimate of drug-likeness (QED) is 0.567. The molecule has 2 aromatic carbocycles. The minimum Gasteiger partial charge on any atom is -0.497 e. The predicted octanol–water partition coefficient (Wildman–Crippen LogP) is 4.64. The number of amides is 1. The number of hydrogen-bond acceptors (Lipinski definition) is 5. The Labute approximate surface area is 179 Å². The third-order valence-corrected chi connectivity index (χ3v) is 5.72. The molecule has 0 atom stereocenters. The van der Waals surface area contributed by atoms with E-state index in [1.54, 1.807) is 36.4 Å². The van der Waals surface area contributed by atoms with Crippen molar-refractivity contribution in [3.63, 3.8) is 0 Å². The smallest absolute Gasteiger partial charge is 0.339 e. The summed E-state index contributed by atoms with van der Waals surface area (Å²) in [5.41, 5.74) is 0.817. The summed E-state index contributed by atoms with van der Waals surface area (Å²) >= 11 is 0. The van der Waals surface area contributed by atoms with Gasteiger partial charge in [0.1, 0.15) is 16.4 Å². The van der Waals surface area contributed by atoms with Gasteiger partial charge in [0.2, 0.25) is 5.91 Å². The molecule has 0 saturated carbocycles. The van der Waals surface area contributed by atoms with Crippen LogP contribution >= 0.6 is 0 Å². The molecule has 2 aromatic rings. The molecule has 0 aliphatic rings. The van der Waals surface area contributed by atoms with Crippen molar-refractivity contribution >= 4 is 16.0 Å². The van der Waals surface area contributed by atoms with E-state index in [9.17, 15) is 13.2 Å². The normalized spacial score (nSPS) is 12.0. The average Bonchev–Trinajstić information content (AvgIpc) is 2.65. The van der Waals surface area contributed by atoms with Gasteiger partial charge in [-0.2, -0.15) is 8.42 Å². The van der Waals surface area contributed by atoms with E-state index in [0.29, 0.717) is 18.7 Å². The number of carbonyl (C=O) groups excluding carboxylic acids is 1. The van der Waals surface area contributed by atoms with Crippen LogP contribution in [0.5, 0.6) is 11.5 Å². The van der Waals surface area contributed by atoms with Gasteiger partial charge in [-0.1, -0.05) is 32.9 Å². The van der Waals surface area contributed by atoms with Gasteiger partial charge in [-0.25, -0.2) is 0 Å². The average molecular weight is 434 g/mol. The van der Waals surface area contributed by atoms with Crippen molar-refractivity contribution in [3.8, 4) is 11.5 Å². The molecule has 0 heterocycles. The molecule has 0 unspecified atom stereocenters. The van der Waals surface area contributed by atoms with Gasteiger partial charge in [0.15, 0.2) is 0 Å². The Morgan fingerprint density at radius 3 is 1.97 bits per heavy atom. The maximum Gasteiger partial charge on any atom is 0.339 e. The monoisotopic (exact) mass is 433 g/mol. The van der Waals surface area contributed by atoms with E-state index in [1.807, 2.05) is 39.5 Å². The van der Waals surface area contributed by atoms with E-state index in [1.165, 1.54) is 19.2 Å². The molecular weight excluding hydrogens is 402 g/mol. The van der Waals surface area contributed by atoms with Crippen LogP contribution in [0, 0.1) is 5.41 Å². The van der Waals surface area contributed by atoms with Crippen LogP contribution in [0.2, 0.25) is 0 Å². The second kappa shape index (κ2) is 9.51. The van der Waals surface area contributed by atoms with Crippen LogP contribution in [-0.4, -0.2) is 32.4 Å². The molecule has 0 radical (unpaired) electrons. The van der Waals surface area contributed by atoms with Crippen LogP contribution in [-0.2, 0) is 21.5 Å². The first-order valence-electron chi connectivity index (χ1n) is 9.88. The fourth-order valence-corrected chi connectivity index (χ4v) is 3.81. The van der Waals surface area contributed by atoms with Crippen molar-refractivity contribution in [2.75, 3.05) is 7.11 Å². The van der Waals surface area contributed by atoms with Gasteiger partial charge < -0.3 is 13.8 Å². The van der Waals surface area contributed by atoms with Crippen LogP contribution in [0.25, 0.3) is 0 Å². The van der Waals surface area contributed by atoms with E-state index in [2.05, 4.69) is 0 Å². The number of rotatable bonds is 8. The second-order valence-electron chi connectivity index (χ2n) is 8.71. The Kier molecular flexibility index (Phi) is 7.53. The lowest BCUT2D eigenvalue weighted by molar-refractivity contribution is -0.135. The highest BCUT2D eigenvalue weighted by Crippen LogP contribution is 2.24. The van der Waals surface area contributed by atoms with E-state index < -0.39 is 10.1 Å². The molecule has 30 heavy (non-hydrogen) atoms. The molecule has 6 nitrogen and oxygen atoms in total. The van der Waals surface area contributed by atoms with Crippen molar-refractivity contribution in [3.05, 3.63) is 54.1 Å². The van der Waals surface area contributed by atoms with Crippen LogP contribution in [0.15, 0.2) is 53.4 Å². The summed E-state index contributed by atoms with van der Waals surface area (Å²) in [5.74, 6) is 0.876. The van der Waals surface area contributed by atoms with Crippen LogP contribution in [0.1, 0.15) is 46.6 Å². The van der Waals surface area contributed by atoms with Gasteiger partial charge in [0, 0.05) is 19.0 Å². The molecule has 0 aromatic heterocycles. The summed E-state index contributed by atoms with van der Waals surface area (Å²) in [6.07, 6.45) is 0.465. The van der Waals surface area contributed by atoms with Gasteiger partial charge in [0.25, 0.3) is 0 Å². The summed E-state index contributed by atoms with van der Waals surface area (Å²) in [4.78, 5) is 14.6. The van der Waals surface area contributed by atoms with Gasteiger partial charge in [0.05, 0.1) is 7.11 Å². The van der Waals surface area contributed by atoms with Gasteiger partial charge in [-0.3, -0.25) is 4.79 Å². The maximum absolute atomic E-state index is 12.7. The van der Waals surface area contributed by atoms with E-state index in [0.717, 1.165) is 5.56 Å². The molecule has 2 rings (SSSR count). The number of methoxy groups -OCH3 is 1. The minimum absolute atomic E-state index is 0.0473. The Morgan fingerprint density at radius 1 is 0.967 bits per heavy atom. The molecular formula is C23H31NO5S. The fourth-order valence-electron chi connectivity index (χ4n) is 2.88. The first kappa shape index (κ1) is 23.7. The topological polar surface area (TPSA) is 72.9 Å². The highest BCUT2D eigenvalue weighted by Gasteiger charge is 2.23. The SMILES string of the molecule is COc1ccc(S(=O)(=O)Oc2ccc(CN(C(=O)CC(C)(C)C)C(C)C)cc2)cc1. The highest BCUT2D eigenvalue weighted by molar-refractivity contribution is 7.87. The van der Waals surface area contributed by atoms with Crippen molar-refractivity contribution in [2.24, 2.45) is 5.41 Å². The summed E-state index contributed by atoms with van der Waals surface area (Å²) in [6, 6.07) is 12.8. The second-order valence-corrected chi connectivity index (χ2v) is 10.3. The van der Waals surface area contributed by atoms with Gasteiger partial charge >= 0.3 is 10.1 Å². The zero-order valence-electron chi connectivity index (χ0n) is 18.5. The zero-order valence-corrected chi connectivity index (χ0v) is 19.3. The van der Waals surface area contributed by atoms with Crippen LogP contribution in [0.4, 0.5) is 0 Å². The Bertz CT molecular complexity index is 943. The summed E-state index contributed by atoms with van der Waals surface area (Å²) in [7, 11) is -2.43. The van der Waals surface area contributed by atoms with Crippen molar-refractivity contribution in [2.45, 2.75) is 58.5 Å². The van der Waals surface area contributed by atoms with Crippen molar-refractivity contribution in [1.29, 1.82) is 0 Å².